The molecule has 3 aromatic rings. The quantitative estimate of drug-likeness (QED) is 0.588. The van der Waals surface area contributed by atoms with Gasteiger partial charge in [-0.05, 0) is 75.1 Å². The molecular weight excluding hydrogens is 426 g/mol. The second-order valence-electron chi connectivity index (χ2n) is 10.0. The molecule has 5 rings (SSSR count). The highest BCUT2D eigenvalue weighted by Crippen LogP contribution is 2.37. The van der Waals surface area contributed by atoms with Crippen molar-refractivity contribution >= 4 is 28.4 Å². The molecule has 6 nitrogen and oxygen atoms in total. The van der Waals surface area contributed by atoms with Gasteiger partial charge in [0, 0.05) is 23.2 Å². The Morgan fingerprint density at radius 2 is 1.79 bits per heavy atom. The molecule has 0 saturated heterocycles. The fourth-order valence-electron chi connectivity index (χ4n) is 5.45. The first-order valence-corrected chi connectivity index (χ1v) is 12.2. The van der Waals surface area contributed by atoms with Gasteiger partial charge >= 0.3 is 0 Å². The minimum Gasteiger partial charge on any atom is -0.497 e. The van der Waals surface area contributed by atoms with Crippen LogP contribution in [0.1, 0.15) is 60.6 Å². The molecule has 1 saturated carbocycles. The van der Waals surface area contributed by atoms with E-state index in [0.29, 0.717) is 12.2 Å². The smallest absolute Gasteiger partial charge is 0.275 e. The lowest BCUT2D eigenvalue weighted by molar-refractivity contribution is -0.127. The Morgan fingerprint density at radius 3 is 2.50 bits per heavy atom. The molecule has 2 aromatic carbocycles. The number of nitrogens with one attached hydrogen (secondary N) is 1. The lowest BCUT2D eigenvalue weighted by Gasteiger charge is -2.45. The molecule has 1 N–H and O–H groups in total. The molecule has 1 fully saturated rings. The summed E-state index contributed by atoms with van der Waals surface area (Å²) in [6, 6.07) is 13.9. The van der Waals surface area contributed by atoms with E-state index in [0.717, 1.165) is 59.2 Å². The maximum Gasteiger partial charge on any atom is 0.275 e. The molecule has 0 bridgehead atoms. The molecule has 1 aliphatic carbocycles. The van der Waals surface area contributed by atoms with Gasteiger partial charge in [-0.25, -0.2) is 0 Å². The molecule has 1 atom stereocenters. The van der Waals surface area contributed by atoms with Gasteiger partial charge in [0.2, 0.25) is 5.91 Å². The predicted molar refractivity (Wildman–Crippen MR) is 135 cm³/mol. The number of nitrogens with zero attached hydrogens (tertiary/aromatic N) is 2. The van der Waals surface area contributed by atoms with Crippen molar-refractivity contribution in [3.63, 3.8) is 0 Å². The van der Waals surface area contributed by atoms with E-state index in [-0.39, 0.29) is 17.9 Å². The standard InChI is InChI=1S/C28H33N3O3/c1-18-10-12-22(14-19(18)2)31-26(32)25-15-20-11-13-23(34-4)16-24(20)30(25)17-28(31,3)27(33)29-21-8-6-5-7-9-21/h10-16,21H,5-9,17H2,1-4H3,(H,29,33). The second kappa shape index (κ2) is 8.49. The Balaban J connectivity index is 1.63. The number of methoxy groups -OCH3 is 1. The van der Waals surface area contributed by atoms with Gasteiger partial charge in [-0.2, -0.15) is 0 Å². The fourth-order valence-corrected chi connectivity index (χ4v) is 5.45. The lowest BCUT2D eigenvalue weighted by atomic mass is 9.90. The van der Waals surface area contributed by atoms with Crippen molar-refractivity contribution in [1.29, 1.82) is 0 Å². The topological polar surface area (TPSA) is 63.6 Å². The third kappa shape index (κ3) is 3.65. The zero-order valence-corrected chi connectivity index (χ0v) is 20.5. The van der Waals surface area contributed by atoms with Crippen LogP contribution in [-0.2, 0) is 11.3 Å². The van der Waals surface area contributed by atoms with Crippen molar-refractivity contribution in [2.24, 2.45) is 0 Å². The van der Waals surface area contributed by atoms with Crippen molar-refractivity contribution in [2.45, 2.75) is 71.0 Å². The Bertz CT molecular complexity index is 1270. The third-order valence-electron chi connectivity index (χ3n) is 7.67. The predicted octanol–water partition coefficient (Wildman–Crippen LogP) is 5.13. The molecular formula is C28H33N3O3. The zero-order chi connectivity index (χ0) is 24.0. The number of anilines is 1. The number of ether oxygens (including phenoxy) is 1. The monoisotopic (exact) mass is 459 g/mol. The number of benzene rings is 2. The van der Waals surface area contributed by atoms with E-state index in [1.165, 1.54) is 6.42 Å². The number of fused-ring (bicyclic) bond motifs is 3. The van der Waals surface area contributed by atoms with Gasteiger partial charge in [0.1, 0.15) is 17.0 Å². The molecule has 1 unspecified atom stereocenters. The van der Waals surface area contributed by atoms with Crippen LogP contribution in [0, 0.1) is 13.8 Å². The van der Waals surface area contributed by atoms with Crippen LogP contribution in [0.3, 0.4) is 0 Å². The van der Waals surface area contributed by atoms with Gasteiger partial charge in [-0.1, -0.05) is 25.3 Å². The summed E-state index contributed by atoms with van der Waals surface area (Å²) in [6.07, 6.45) is 5.47. The molecule has 0 spiro atoms. The highest BCUT2D eigenvalue weighted by molar-refractivity contribution is 6.14. The zero-order valence-electron chi connectivity index (χ0n) is 20.5. The molecule has 1 aromatic heterocycles. The van der Waals surface area contributed by atoms with Crippen molar-refractivity contribution in [3.05, 3.63) is 59.3 Å². The van der Waals surface area contributed by atoms with E-state index in [1.807, 2.05) is 60.9 Å². The van der Waals surface area contributed by atoms with E-state index in [4.69, 9.17) is 4.74 Å². The summed E-state index contributed by atoms with van der Waals surface area (Å²) in [5.41, 5.74) is 3.42. The average Bonchev–Trinajstić information content (AvgIpc) is 3.19. The number of carbonyl (C=O) groups excluding carboxylic acids is 2. The first kappa shape index (κ1) is 22.5. The normalized spacial score (nSPS) is 20.9. The molecule has 2 amide bonds. The molecule has 2 aliphatic rings. The number of aromatic nitrogens is 1. The first-order valence-electron chi connectivity index (χ1n) is 12.2. The Morgan fingerprint density at radius 1 is 1.03 bits per heavy atom. The lowest BCUT2D eigenvalue weighted by Crippen LogP contribution is -2.65. The van der Waals surface area contributed by atoms with E-state index in [9.17, 15) is 9.59 Å². The van der Waals surface area contributed by atoms with Crippen molar-refractivity contribution < 1.29 is 14.3 Å². The van der Waals surface area contributed by atoms with Crippen molar-refractivity contribution in [3.8, 4) is 5.75 Å². The maximum absolute atomic E-state index is 14.0. The summed E-state index contributed by atoms with van der Waals surface area (Å²) >= 11 is 0. The van der Waals surface area contributed by atoms with Crippen LogP contribution >= 0.6 is 0 Å². The molecule has 6 heteroatoms. The van der Waals surface area contributed by atoms with Gasteiger partial charge < -0.3 is 14.6 Å². The number of rotatable bonds is 4. The van der Waals surface area contributed by atoms with Crippen molar-refractivity contribution in [2.75, 3.05) is 12.0 Å². The largest absolute Gasteiger partial charge is 0.497 e. The Kier molecular flexibility index (Phi) is 5.62. The number of hydrogen-bond acceptors (Lipinski definition) is 3. The van der Waals surface area contributed by atoms with E-state index < -0.39 is 5.54 Å². The highest BCUT2D eigenvalue weighted by Gasteiger charge is 2.49. The van der Waals surface area contributed by atoms with Gasteiger partial charge in [0.25, 0.3) is 5.91 Å². The molecule has 178 valence electrons. The maximum atomic E-state index is 14.0. The number of aryl methyl sites for hydroxylation is 2. The summed E-state index contributed by atoms with van der Waals surface area (Å²) in [5.74, 6) is 0.470. The van der Waals surface area contributed by atoms with E-state index in [1.54, 1.807) is 12.0 Å². The molecule has 0 radical (unpaired) electrons. The molecule has 2 heterocycles. The fraction of sp³-hybridized carbons (Fsp3) is 0.429. The first-order chi connectivity index (χ1) is 16.3. The Labute approximate surface area is 200 Å². The number of amides is 2. The number of carbonyl (C=O) groups is 2. The van der Waals surface area contributed by atoms with Gasteiger partial charge in [0.05, 0.1) is 19.2 Å². The minimum atomic E-state index is -1.07. The van der Waals surface area contributed by atoms with Gasteiger partial charge in [-0.3, -0.25) is 14.5 Å². The Hall–Kier alpha value is -3.28. The van der Waals surface area contributed by atoms with Crippen LogP contribution in [0.25, 0.3) is 10.9 Å². The second-order valence-corrected chi connectivity index (χ2v) is 10.0. The number of hydrogen-bond donors (Lipinski definition) is 1. The SMILES string of the molecule is COc1ccc2cc3n(c2c1)CC(C)(C(=O)NC1CCCCC1)N(c1ccc(C)c(C)c1)C3=O. The van der Waals surface area contributed by atoms with Crippen LogP contribution in [0.5, 0.6) is 5.75 Å². The van der Waals surface area contributed by atoms with Gasteiger partial charge in [0.15, 0.2) is 0 Å². The molecule has 34 heavy (non-hydrogen) atoms. The third-order valence-corrected chi connectivity index (χ3v) is 7.67. The van der Waals surface area contributed by atoms with Crippen LogP contribution in [-0.4, -0.2) is 35.1 Å². The van der Waals surface area contributed by atoms with Crippen LogP contribution in [0.4, 0.5) is 5.69 Å². The van der Waals surface area contributed by atoms with Gasteiger partial charge in [-0.15, -0.1) is 0 Å². The van der Waals surface area contributed by atoms with E-state index >= 15 is 0 Å². The summed E-state index contributed by atoms with van der Waals surface area (Å²) in [5, 5.41) is 4.26. The summed E-state index contributed by atoms with van der Waals surface area (Å²) in [4.78, 5) is 29.7. The summed E-state index contributed by atoms with van der Waals surface area (Å²) in [7, 11) is 1.63. The summed E-state index contributed by atoms with van der Waals surface area (Å²) in [6.45, 7) is 6.36. The minimum absolute atomic E-state index is 0.0959. The summed E-state index contributed by atoms with van der Waals surface area (Å²) < 4.78 is 7.42. The molecule has 1 aliphatic heterocycles. The van der Waals surface area contributed by atoms with Crippen LogP contribution in [0.2, 0.25) is 0 Å². The van der Waals surface area contributed by atoms with Crippen molar-refractivity contribution in [1.82, 2.24) is 9.88 Å². The van der Waals surface area contributed by atoms with E-state index in [2.05, 4.69) is 12.2 Å². The van der Waals surface area contributed by atoms with Crippen LogP contribution < -0.4 is 15.0 Å². The average molecular weight is 460 g/mol. The van der Waals surface area contributed by atoms with Crippen LogP contribution in [0.15, 0.2) is 42.5 Å². The highest BCUT2D eigenvalue weighted by atomic mass is 16.5.